The molecule has 0 bridgehead atoms. The second-order valence-corrected chi connectivity index (χ2v) is 10.2. The van der Waals surface area contributed by atoms with E-state index < -0.39 is 23.5 Å². The number of carbonyl (C=O) groups excluding carboxylic acids is 2. The number of aromatic nitrogens is 1. The molecule has 6 nitrogen and oxygen atoms in total. The number of hydrogen-bond donors (Lipinski definition) is 1. The lowest BCUT2D eigenvalue weighted by molar-refractivity contribution is -0.132. The molecular weight excluding hydrogens is 479 g/mol. The Morgan fingerprint density at radius 1 is 1.11 bits per heavy atom. The number of aryl methyl sites for hydroxylation is 1. The maximum absolute atomic E-state index is 13.8. The van der Waals surface area contributed by atoms with E-state index in [1.54, 1.807) is 18.2 Å². The number of rotatable bonds is 3. The molecule has 4 aromatic rings. The number of halogens is 1. The number of carbonyl (C=O) groups is 2. The maximum Gasteiger partial charge on any atom is 0.301 e. The number of ether oxygens (including phenoxy) is 1. The predicted molar refractivity (Wildman–Crippen MR) is 136 cm³/mol. The van der Waals surface area contributed by atoms with Gasteiger partial charge in [-0.2, -0.15) is 0 Å². The topological polar surface area (TPSA) is 79.7 Å². The van der Waals surface area contributed by atoms with Crippen LogP contribution in [-0.2, 0) is 16.0 Å². The summed E-state index contributed by atoms with van der Waals surface area (Å²) in [5.41, 5.74) is 3.51. The number of amides is 1. The molecule has 8 heteroatoms. The quantitative estimate of drug-likeness (QED) is 0.222. The van der Waals surface area contributed by atoms with Crippen LogP contribution in [0.3, 0.4) is 0 Å². The molecule has 3 aromatic carbocycles. The predicted octanol–water partition coefficient (Wildman–Crippen LogP) is 5.69. The van der Waals surface area contributed by atoms with Crippen molar-refractivity contribution in [1.82, 2.24) is 4.98 Å². The number of benzene rings is 3. The van der Waals surface area contributed by atoms with Crippen LogP contribution in [0.2, 0.25) is 0 Å². The molecule has 0 aliphatic carbocycles. The molecule has 2 unspecified atom stereocenters. The maximum atomic E-state index is 13.8. The Bertz CT molecular complexity index is 1590. The van der Waals surface area contributed by atoms with Crippen molar-refractivity contribution in [2.75, 3.05) is 4.90 Å². The number of nitrogens with zero attached hydrogens (tertiary/aromatic N) is 2. The van der Waals surface area contributed by atoms with Crippen LogP contribution in [-0.4, -0.2) is 27.9 Å². The smallest absolute Gasteiger partial charge is 0.301 e. The molecule has 2 aliphatic rings. The summed E-state index contributed by atoms with van der Waals surface area (Å²) in [5.74, 6) is -1.61. The molecule has 1 fully saturated rings. The third-order valence-corrected chi connectivity index (χ3v) is 7.56. The van der Waals surface area contributed by atoms with Gasteiger partial charge < -0.3 is 9.84 Å². The Morgan fingerprint density at radius 2 is 1.89 bits per heavy atom. The van der Waals surface area contributed by atoms with Crippen molar-refractivity contribution in [3.8, 4) is 5.75 Å². The minimum atomic E-state index is -0.962. The average Bonchev–Trinajstić information content (AvgIpc) is 3.51. The third-order valence-electron chi connectivity index (χ3n) is 6.54. The van der Waals surface area contributed by atoms with E-state index in [1.807, 2.05) is 32.0 Å². The van der Waals surface area contributed by atoms with Gasteiger partial charge in [0.2, 0.25) is 0 Å². The molecule has 2 atom stereocenters. The highest BCUT2D eigenvalue weighted by Gasteiger charge is 2.48. The monoisotopic (exact) mass is 500 g/mol. The molecule has 0 saturated carbocycles. The first-order valence-electron chi connectivity index (χ1n) is 11.5. The summed E-state index contributed by atoms with van der Waals surface area (Å²) in [6.07, 6.45) is 0.696. The lowest BCUT2D eigenvalue weighted by Crippen LogP contribution is -2.29. The van der Waals surface area contributed by atoms with Gasteiger partial charge >= 0.3 is 5.91 Å². The summed E-state index contributed by atoms with van der Waals surface area (Å²) in [6, 6.07) is 15.6. The first kappa shape index (κ1) is 22.4. The number of fused-ring (bicyclic) bond motifs is 2. The zero-order chi connectivity index (χ0) is 25.1. The van der Waals surface area contributed by atoms with E-state index in [1.165, 1.54) is 40.5 Å². The summed E-state index contributed by atoms with van der Waals surface area (Å²) >= 11 is 1.29. The van der Waals surface area contributed by atoms with E-state index in [0.717, 1.165) is 21.6 Å². The number of aliphatic hydroxyl groups is 1. The molecule has 0 spiro atoms. The van der Waals surface area contributed by atoms with Crippen molar-refractivity contribution < 1.29 is 23.8 Å². The SMILES string of the molecule is Cc1ccc2nc(N3C(=O)C(=O)/C(=C(\O)c4ccc5c(c4)CC(C)O5)C3c3ccc(F)cc3)sc2c1. The Morgan fingerprint density at radius 3 is 2.67 bits per heavy atom. The lowest BCUT2D eigenvalue weighted by Gasteiger charge is -2.23. The molecule has 6 rings (SSSR count). The van der Waals surface area contributed by atoms with Crippen LogP contribution >= 0.6 is 11.3 Å². The van der Waals surface area contributed by atoms with Crippen LogP contribution in [0, 0.1) is 12.7 Å². The molecule has 1 N–H and O–H groups in total. The van der Waals surface area contributed by atoms with Gasteiger partial charge in [0.15, 0.2) is 5.13 Å². The Balaban J connectivity index is 1.53. The van der Waals surface area contributed by atoms with Crippen molar-refractivity contribution in [3.63, 3.8) is 0 Å². The van der Waals surface area contributed by atoms with Crippen molar-refractivity contribution in [1.29, 1.82) is 0 Å². The second kappa shape index (κ2) is 8.27. The first-order valence-corrected chi connectivity index (χ1v) is 12.4. The fourth-order valence-corrected chi connectivity index (χ4v) is 5.93. The van der Waals surface area contributed by atoms with Crippen LogP contribution in [0.5, 0.6) is 5.75 Å². The summed E-state index contributed by atoms with van der Waals surface area (Å²) < 4.78 is 20.4. The van der Waals surface area contributed by atoms with Crippen molar-refractivity contribution in [2.24, 2.45) is 0 Å². The highest BCUT2D eigenvalue weighted by molar-refractivity contribution is 7.22. The molecule has 180 valence electrons. The fraction of sp³-hybridized carbons (Fsp3) is 0.179. The Hall–Kier alpha value is -4.04. The summed E-state index contributed by atoms with van der Waals surface area (Å²) in [6.45, 7) is 3.92. The van der Waals surface area contributed by atoms with E-state index in [4.69, 9.17) is 4.74 Å². The number of hydrogen-bond acceptors (Lipinski definition) is 6. The molecule has 1 saturated heterocycles. The number of ketones is 1. The van der Waals surface area contributed by atoms with E-state index in [9.17, 15) is 19.1 Å². The van der Waals surface area contributed by atoms with E-state index in [0.29, 0.717) is 28.2 Å². The molecule has 2 aliphatic heterocycles. The van der Waals surface area contributed by atoms with Crippen LogP contribution < -0.4 is 9.64 Å². The zero-order valence-corrected chi connectivity index (χ0v) is 20.3. The van der Waals surface area contributed by atoms with Gasteiger partial charge in [0.1, 0.15) is 23.4 Å². The number of thiazole rings is 1. The number of anilines is 1. The largest absolute Gasteiger partial charge is 0.507 e. The standard InChI is InChI=1S/C28H21FN2O4S/c1-14-3-9-20-22(11-14)36-28(30-20)31-24(16-4-7-19(29)8-5-16)23(26(33)27(31)34)25(32)17-6-10-21-18(13-17)12-15(2)35-21/h3-11,13,15,24,32H,12H2,1-2H3/b25-23-. The lowest BCUT2D eigenvalue weighted by atomic mass is 9.94. The second-order valence-electron chi connectivity index (χ2n) is 9.14. The summed E-state index contributed by atoms with van der Waals surface area (Å²) in [7, 11) is 0. The van der Waals surface area contributed by atoms with Gasteiger partial charge in [-0.1, -0.05) is 29.5 Å². The van der Waals surface area contributed by atoms with Crippen LogP contribution in [0.1, 0.15) is 35.2 Å². The fourth-order valence-electron chi connectivity index (χ4n) is 4.84. The minimum absolute atomic E-state index is 0.0184. The number of aliphatic hydroxyl groups excluding tert-OH is 1. The normalized spacial score (nSPS) is 20.7. The average molecular weight is 501 g/mol. The molecular formula is C28H21FN2O4S. The highest BCUT2D eigenvalue weighted by Crippen LogP contribution is 2.45. The first-order chi connectivity index (χ1) is 17.3. The van der Waals surface area contributed by atoms with Crippen molar-refractivity contribution in [3.05, 3.63) is 94.3 Å². The van der Waals surface area contributed by atoms with Gasteiger partial charge in [0, 0.05) is 12.0 Å². The van der Waals surface area contributed by atoms with Crippen LogP contribution in [0.15, 0.2) is 66.2 Å². The van der Waals surface area contributed by atoms with E-state index in [-0.39, 0.29) is 17.4 Å². The van der Waals surface area contributed by atoms with Crippen LogP contribution in [0.25, 0.3) is 16.0 Å². The van der Waals surface area contributed by atoms with Gasteiger partial charge in [-0.25, -0.2) is 9.37 Å². The van der Waals surface area contributed by atoms with Gasteiger partial charge in [-0.3, -0.25) is 14.5 Å². The Labute approximate surface area is 210 Å². The van der Waals surface area contributed by atoms with Crippen molar-refractivity contribution in [2.45, 2.75) is 32.4 Å². The highest BCUT2D eigenvalue weighted by atomic mass is 32.1. The van der Waals surface area contributed by atoms with Gasteiger partial charge in [-0.05, 0) is 73.0 Å². The van der Waals surface area contributed by atoms with Crippen LogP contribution in [0.4, 0.5) is 9.52 Å². The molecule has 1 amide bonds. The zero-order valence-electron chi connectivity index (χ0n) is 19.5. The summed E-state index contributed by atoms with van der Waals surface area (Å²) in [5, 5.41) is 11.7. The minimum Gasteiger partial charge on any atom is -0.507 e. The summed E-state index contributed by atoms with van der Waals surface area (Å²) in [4.78, 5) is 32.7. The third kappa shape index (κ3) is 3.56. The van der Waals surface area contributed by atoms with Gasteiger partial charge in [0.05, 0.1) is 21.8 Å². The molecule has 36 heavy (non-hydrogen) atoms. The van der Waals surface area contributed by atoms with Gasteiger partial charge in [-0.15, -0.1) is 0 Å². The molecule has 0 radical (unpaired) electrons. The van der Waals surface area contributed by atoms with E-state index in [2.05, 4.69) is 4.98 Å². The van der Waals surface area contributed by atoms with E-state index >= 15 is 0 Å². The number of Topliss-reactive ketones (excluding diaryl/α,β-unsaturated/α-hetero) is 1. The molecule has 3 heterocycles. The Kier molecular flexibility index (Phi) is 5.15. The van der Waals surface area contributed by atoms with Crippen molar-refractivity contribution >= 4 is 44.1 Å². The molecule has 1 aromatic heterocycles. The van der Waals surface area contributed by atoms with Gasteiger partial charge in [0.25, 0.3) is 5.78 Å².